The van der Waals surface area contributed by atoms with Crippen LogP contribution in [0.1, 0.15) is 38.7 Å². The minimum absolute atomic E-state index is 0. The van der Waals surface area contributed by atoms with E-state index in [0.29, 0.717) is 6.04 Å². The lowest BCUT2D eigenvalue weighted by Crippen LogP contribution is -2.31. The van der Waals surface area contributed by atoms with Crippen LogP contribution in [-0.2, 0) is 6.54 Å². The summed E-state index contributed by atoms with van der Waals surface area (Å²) in [4.78, 5) is 11.6. The van der Waals surface area contributed by atoms with E-state index in [9.17, 15) is 0 Å². The fraction of sp³-hybridized carbons (Fsp3) is 0.440. The number of aromatic nitrogens is 2. The van der Waals surface area contributed by atoms with Crippen molar-refractivity contribution in [3.05, 3.63) is 58.6 Å². The number of hydrogen-bond donors (Lipinski definition) is 2. The molecule has 0 atom stereocenters. The molecule has 3 aromatic rings. The predicted octanol–water partition coefficient (Wildman–Crippen LogP) is 5.85. The zero-order valence-corrected chi connectivity index (χ0v) is 19.3. The number of nitrogens with zero attached hydrogens (tertiary/aromatic N) is 3. The third-order valence-corrected chi connectivity index (χ3v) is 6.33. The normalized spacial score (nSPS) is 18.4. The Morgan fingerprint density at radius 3 is 2.52 bits per heavy atom. The molecule has 0 saturated heterocycles. The maximum atomic E-state index is 4.79. The Labute approximate surface area is 194 Å². The van der Waals surface area contributed by atoms with Gasteiger partial charge in [-0.25, -0.2) is 4.98 Å². The van der Waals surface area contributed by atoms with E-state index in [1.807, 2.05) is 26.2 Å². The zero-order chi connectivity index (χ0) is 20.9. The van der Waals surface area contributed by atoms with Gasteiger partial charge in [0.15, 0.2) is 0 Å². The quantitative estimate of drug-likeness (QED) is 0.440. The van der Waals surface area contributed by atoms with Crippen molar-refractivity contribution in [3.63, 3.8) is 0 Å². The SMILES string of the molecule is C.CN(C)c1nc(NC2CCC(CNCc3cccc(Br)c3)CC2)nc2ccccc12. The van der Waals surface area contributed by atoms with Crippen LogP contribution in [0.2, 0.25) is 0 Å². The van der Waals surface area contributed by atoms with Crippen molar-refractivity contribution in [1.29, 1.82) is 0 Å². The first-order chi connectivity index (χ1) is 14.6. The molecule has 1 aromatic heterocycles. The van der Waals surface area contributed by atoms with E-state index in [0.717, 1.165) is 59.0 Å². The zero-order valence-electron chi connectivity index (χ0n) is 17.7. The maximum absolute atomic E-state index is 4.79. The highest BCUT2D eigenvalue weighted by atomic mass is 79.9. The third kappa shape index (κ3) is 6.17. The van der Waals surface area contributed by atoms with Gasteiger partial charge in [0, 0.05) is 36.5 Å². The van der Waals surface area contributed by atoms with Gasteiger partial charge in [0.25, 0.3) is 0 Å². The third-order valence-electron chi connectivity index (χ3n) is 5.84. The first-order valence-corrected chi connectivity index (χ1v) is 11.5. The molecule has 1 heterocycles. The number of benzene rings is 2. The summed E-state index contributed by atoms with van der Waals surface area (Å²) in [7, 11) is 4.07. The van der Waals surface area contributed by atoms with Gasteiger partial charge in [-0.1, -0.05) is 47.6 Å². The van der Waals surface area contributed by atoms with Gasteiger partial charge in [-0.3, -0.25) is 0 Å². The van der Waals surface area contributed by atoms with Crippen LogP contribution in [0.5, 0.6) is 0 Å². The van der Waals surface area contributed by atoms with E-state index in [2.05, 4.69) is 67.9 Å². The molecule has 1 saturated carbocycles. The topological polar surface area (TPSA) is 53.1 Å². The summed E-state index contributed by atoms with van der Waals surface area (Å²) in [5.41, 5.74) is 2.31. The molecule has 1 aliphatic rings. The maximum Gasteiger partial charge on any atom is 0.225 e. The molecule has 2 aromatic carbocycles. The molecule has 166 valence electrons. The molecule has 6 heteroatoms. The lowest BCUT2D eigenvalue weighted by atomic mass is 9.86. The summed E-state index contributed by atoms with van der Waals surface area (Å²) < 4.78 is 1.14. The molecule has 0 unspecified atom stereocenters. The summed E-state index contributed by atoms with van der Waals surface area (Å²) >= 11 is 3.54. The van der Waals surface area contributed by atoms with Crippen molar-refractivity contribution in [2.75, 3.05) is 30.9 Å². The minimum Gasteiger partial charge on any atom is -0.362 e. The number of fused-ring (bicyclic) bond motifs is 1. The molecule has 0 aliphatic heterocycles. The molecular weight excluding hydrogens is 450 g/mol. The number of hydrogen-bond acceptors (Lipinski definition) is 5. The van der Waals surface area contributed by atoms with Gasteiger partial charge in [-0.05, 0) is 68.0 Å². The lowest BCUT2D eigenvalue weighted by molar-refractivity contribution is 0.324. The van der Waals surface area contributed by atoms with Gasteiger partial charge < -0.3 is 15.5 Å². The largest absolute Gasteiger partial charge is 0.362 e. The molecule has 31 heavy (non-hydrogen) atoms. The molecule has 0 bridgehead atoms. The van der Waals surface area contributed by atoms with E-state index in [-0.39, 0.29) is 7.43 Å². The molecule has 0 radical (unpaired) electrons. The molecule has 4 rings (SSSR count). The van der Waals surface area contributed by atoms with Crippen LogP contribution in [0, 0.1) is 5.92 Å². The second kappa shape index (κ2) is 10.9. The van der Waals surface area contributed by atoms with Crippen molar-refractivity contribution in [3.8, 4) is 0 Å². The number of halogens is 1. The summed E-state index contributed by atoms with van der Waals surface area (Å²) in [6.45, 7) is 2.01. The molecule has 0 spiro atoms. The van der Waals surface area contributed by atoms with Gasteiger partial charge in [-0.2, -0.15) is 4.98 Å². The summed E-state index contributed by atoms with van der Waals surface area (Å²) in [6, 6.07) is 17.2. The monoisotopic (exact) mass is 483 g/mol. The average Bonchev–Trinajstić information content (AvgIpc) is 2.74. The van der Waals surface area contributed by atoms with Crippen LogP contribution in [0.25, 0.3) is 10.9 Å². The second-order valence-corrected chi connectivity index (χ2v) is 9.32. The molecule has 0 amide bonds. The van der Waals surface area contributed by atoms with Crippen LogP contribution in [0.15, 0.2) is 53.0 Å². The molecule has 1 aliphatic carbocycles. The van der Waals surface area contributed by atoms with Crippen LogP contribution in [0.3, 0.4) is 0 Å². The van der Waals surface area contributed by atoms with Crippen LogP contribution < -0.4 is 15.5 Å². The van der Waals surface area contributed by atoms with E-state index < -0.39 is 0 Å². The number of rotatable bonds is 7. The highest BCUT2D eigenvalue weighted by molar-refractivity contribution is 9.10. The van der Waals surface area contributed by atoms with Crippen LogP contribution in [-0.4, -0.2) is 36.6 Å². The number of para-hydroxylation sites is 1. The highest BCUT2D eigenvalue weighted by Gasteiger charge is 2.22. The van der Waals surface area contributed by atoms with Crippen LogP contribution >= 0.6 is 15.9 Å². The Kier molecular flexibility index (Phi) is 8.27. The second-order valence-electron chi connectivity index (χ2n) is 8.41. The highest BCUT2D eigenvalue weighted by Crippen LogP contribution is 2.28. The van der Waals surface area contributed by atoms with E-state index in [1.54, 1.807) is 0 Å². The van der Waals surface area contributed by atoms with Crippen molar-refractivity contribution >= 4 is 38.6 Å². The van der Waals surface area contributed by atoms with E-state index in [1.165, 1.54) is 18.4 Å². The Bertz CT molecular complexity index is 983. The molecule has 2 N–H and O–H groups in total. The molecule has 5 nitrogen and oxygen atoms in total. The summed E-state index contributed by atoms with van der Waals surface area (Å²) in [5, 5.41) is 8.33. The Morgan fingerprint density at radius 2 is 1.77 bits per heavy atom. The van der Waals surface area contributed by atoms with Gasteiger partial charge in [0.05, 0.1) is 5.52 Å². The van der Waals surface area contributed by atoms with Gasteiger partial charge in [0.2, 0.25) is 5.95 Å². The van der Waals surface area contributed by atoms with Crippen molar-refractivity contribution in [2.45, 2.75) is 45.7 Å². The van der Waals surface area contributed by atoms with Crippen molar-refractivity contribution < 1.29 is 0 Å². The van der Waals surface area contributed by atoms with E-state index in [4.69, 9.17) is 9.97 Å². The van der Waals surface area contributed by atoms with Gasteiger partial charge in [-0.15, -0.1) is 0 Å². The van der Waals surface area contributed by atoms with Gasteiger partial charge >= 0.3 is 0 Å². The average molecular weight is 484 g/mol. The fourth-order valence-electron chi connectivity index (χ4n) is 4.23. The summed E-state index contributed by atoms with van der Waals surface area (Å²) in [6.07, 6.45) is 4.79. The van der Waals surface area contributed by atoms with Crippen molar-refractivity contribution in [2.24, 2.45) is 5.92 Å². The fourth-order valence-corrected chi connectivity index (χ4v) is 4.67. The van der Waals surface area contributed by atoms with E-state index >= 15 is 0 Å². The number of anilines is 2. The Morgan fingerprint density at radius 1 is 1.00 bits per heavy atom. The molecule has 1 fully saturated rings. The standard InChI is InChI=1S/C24H30BrN5.CH4/c1-30(2)23-21-8-3-4-9-22(21)28-24(29-23)27-20-12-10-17(11-13-20)15-26-16-18-6-5-7-19(25)14-18;/h3-9,14,17,20,26H,10-13,15-16H2,1-2H3,(H,27,28,29);1H4. The van der Waals surface area contributed by atoms with Crippen molar-refractivity contribution in [1.82, 2.24) is 15.3 Å². The Balaban J connectivity index is 0.00000272. The van der Waals surface area contributed by atoms with Gasteiger partial charge in [0.1, 0.15) is 5.82 Å². The predicted molar refractivity (Wildman–Crippen MR) is 136 cm³/mol. The van der Waals surface area contributed by atoms with Crippen LogP contribution in [0.4, 0.5) is 11.8 Å². The smallest absolute Gasteiger partial charge is 0.225 e. The summed E-state index contributed by atoms with van der Waals surface area (Å²) in [5.74, 6) is 2.45. The molecular formula is C25H34BrN5. The first kappa shape index (κ1) is 23.5. The first-order valence-electron chi connectivity index (χ1n) is 10.7. The lowest BCUT2D eigenvalue weighted by Gasteiger charge is -2.29. The Hall–Kier alpha value is -2.18. The number of nitrogens with one attached hydrogen (secondary N) is 2. The minimum atomic E-state index is 0.